The number of hydrogen-bond donors (Lipinski definition) is 2. The lowest BCUT2D eigenvalue weighted by molar-refractivity contribution is -0.141. The molecular weight excluding hydrogens is 272 g/mol. The topological polar surface area (TPSA) is 92.7 Å². The highest BCUT2D eigenvalue weighted by Gasteiger charge is 2.26. The van der Waals surface area contributed by atoms with E-state index in [0.717, 1.165) is 12.1 Å². The third kappa shape index (κ3) is 3.64. The lowest BCUT2D eigenvalue weighted by Gasteiger charge is -2.06. The summed E-state index contributed by atoms with van der Waals surface area (Å²) in [6, 6.07) is 4.29. The fourth-order valence-corrected chi connectivity index (χ4v) is 1.72. The highest BCUT2D eigenvalue weighted by atomic mass is 32.2. The molecule has 0 spiro atoms. The zero-order valence-electron chi connectivity index (χ0n) is 8.84. The van der Waals surface area contributed by atoms with Crippen molar-refractivity contribution in [2.75, 3.05) is 12.1 Å². The minimum Gasteiger partial charge on any atom is -0.479 e. The van der Waals surface area contributed by atoms with Gasteiger partial charge in [0.25, 0.3) is 0 Å². The number of rotatable bonds is 6. The van der Waals surface area contributed by atoms with E-state index in [2.05, 4.69) is 10.3 Å². The molecule has 0 aliphatic rings. The number of alkyl halides is 2. The Bertz CT molecular complexity index is 514. The molecule has 0 amide bonds. The van der Waals surface area contributed by atoms with Crippen molar-refractivity contribution in [3.05, 3.63) is 24.3 Å². The smallest absolute Gasteiger partial charge is 0.341 e. The normalized spacial score (nSPS) is 11.5. The summed E-state index contributed by atoms with van der Waals surface area (Å²) in [4.78, 5) is 14.1. The molecule has 9 heteroatoms. The first-order valence-corrected chi connectivity index (χ1v) is 6.10. The highest BCUT2D eigenvalue weighted by Crippen LogP contribution is 2.20. The van der Waals surface area contributed by atoms with Gasteiger partial charge in [0.05, 0.1) is 10.6 Å². The molecule has 100 valence electrons. The Hall–Kier alpha value is -1.74. The number of nitrogens with one attached hydrogen (secondary N) is 1. The molecule has 1 aromatic carbocycles. The summed E-state index contributed by atoms with van der Waals surface area (Å²) < 4.78 is 46.5. The molecular formula is C9H9F2NO5S. The van der Waals surface area contributed by atoms with Gasteiger partial charge in [-0.1, -0.05) is 0 Å². The molecule has 0 bridgehead atoms. The zero-order chi connectivity index (χ0) is 13.8. The third-order valence-corrected chi connectivity index (χ3v) is 3.20. The van der Waals surface area contributed by atoms with Crippen molar-refractivity contribution in [3.63, 3.8) is 0 Å². The van der Waals surface area contributed by atoms with Crippen LogP contribution in [-0.2, 0) is 19.5 Å². The minimum atomic E-state index is -4.62. The Balaban J connectivity index is 2.72. The largest absolute Gasteiger partial charge is 0.479 e. The molecule has 0 heterocycles. The van der Waals surface area contributed by atoms with Gasteiger partial charge in [-0.05, 0) is 24.3 Å². The molecule has 0 saturated heterocycles. The summed E-state index contributed by atoms with van der Waals surface area (Å²) in [5.74, 6) is -4.68. The molecule has 0 saturated carbocycles. The Morgan fingerprint density at radius 3 is 2.33 bits per heavy atom. The lowest BCUT2D eigenvalue weighted by atomic mass is 10.3. The van der Waals surface area contributed by atoms with Crippen LogP contribution in [-0.4, -0.2) is 31.9 Å². The van der Waals surface area contributed by atoms with Gasteiger partial charge in [-0.15, -0.1) is 0 Å². The molecule has 1 aromatic rings. The summed E-state index contributed by atoms with van der Waals surface area (Å²) in [5.41, 5.74) is 2.46. The second-order valence-corrected chi connectivity index (χ2v) is 5.03. The maximum atomic E-state index is 12.2. The number of benzene rings is 1. The molecule has 0 unspecified atom stereocenters. The number of aliphatic carboxylic acids is 1. The van der Waals surface area contributed by atoms with Crippen LogP contribution in [0, 0.1) is 0 Å². The van der Waals surface area contributed by atoms with Crippen LogP contribution in [0.15, 0.2) is 29.2 Å². The molecule has 0 aliphatic carbocycles. The average molecular weight is 281 g/mol. The summed E-state index contributed by atoms with van der Waals surface area (Å²) in [7, 11) is -4.62. The van der Waals surface area contributed by atoms with Crippen LogP contribution in [0.25, 0.3) is 0 Å². The second-order valence-electron chi connectivity index (χ2n) is 3.11. The molecule has 0 aromatic heterocycles. The van der Waals surface area contributed by atoms with E-state index in [1.807, 2.05) is 0 Å². The molecule has 0 atom stereocenters. The predicted octanol–water partition coefficient (Wildman–Crippen LogP) is 1.11. The standard InChI is InChI=1S/C9H9F2NO5S/c10-9(11)18(15,16)7-3-1-6(2-4-7)12-17-5-8(13)14/h1-4,9,12H,5H2,(H,13,14). The van der Waals surface area contributed by atoms with Crippen LogP contribution in [0.4, 0.5) is 14.5 Å². The van der Waals surface area contributed by atoms with Crippen molar-refractivity contribution in [1.82, 2.24) is 0 Å². The van der Waals surface area contributed by atoms with Crippen LogP contribution in [0.2, 0.25) is 0 Å². The Morgan fingerprint density at radius 2 is 1.89 bits per heavy atom. The minimum absolute atomic E-state index is 0.240. The molecule has 1 rings (SSSR count). The van der Waals surface area contributed by atoms with Crippen molar-refractivity contribution < 1.29 is 31.9 Å². The Labute approximate surface area is 101 Å². The van der Waals surface area contributed by atoms with Gasteiger partial charge < -0.3 is 5.11 Å². The van der Waals surface area contributed by atoms with Gasteiger partial charge in [0.15, 0.2) is 6.61 Å². The summed E-state index contributed by atoms with van der Waals surface area (Å²) in [5, 5.41) is 8.28. The first-order chi connectivity index (χ1) is 8.34. The van der Waals surface area contributed by atoms with E-state index in [1.165, 1.54) is 12.1 Å². The Kier molecular flexibility index (Phi) is 4.56. The van der Waals surface area contributed by atoms with Gasteiger partial charge >= 0.3 is 11.7 Å². The quantitative estimate of drug-likeness (QED) is 0.759. The van der Waals surface area contributed by atoms with Gasteiger partial charge in [-0.2, -0.15) is 8.78 Å². The van der Waals surface area contributed by atoms with Gasteiger partial charge in [-0.3, -0.25) is 10.3 Å². The van der Waals surface area contributed by atoms with Crippen LogP contribution < -0.4 is 5.48 Å². The number of halogens is 2. The van der Waals surface area contributed by atoms with E-state index in [1.54, 1.807) is 0 Å². The van der Waals surface area contributed by atoms with Crippen molar-refractivity contribution in [1.29, 1.82) is 0 Å². The molecule has 0 aliphatic heterocycles. The molecule has 0 fully saturated rings. The van der Waals surface area contributed by atoms with Crippen molar-refractivity contribution in [2.24, 2.45) is 0 Å². The van der Waals surface area contributed by atoms with Gasteiger partial charge in [0, 0.05) is 0 Å². The molecule has 0 radical (unpaired) electrons. The van der Waals surface area contributed by atoms with E-state index in [9.17, 15) is 22.0 Å². The fraction of sp³-hybridized carbons (Fsp3) is 0.222. The highest BCUT2D eigenvalue weighted by molar-refractivity contribution is 7.91. The van der Waals surface area contributed by atoms with Gasteiger partial charge in [0.1, 0.15) is 0 Å². The summed E-state index contributed by atoms with van der Waals surface area (Å²) >= 11 is 0. The second kappa shape index (κ2) is 5.74. The SMILES string of the molecule is O=C(O)CONc1ccc(S(=O)(=O)C(F)F)cc1. The zero-order valence-corrected chi connectivity index (χ0v) is 9.65. The van der Waals surface area contributed by atoms with Crippen LogP contribution in [0.3, 0.4) is 0 Å². The fourth-order valence-electron chi connectivity index (χ4n) is 0.997. The van der Waals surface area contributed by atoms with Crippen molar-refractivity contribution in [2.45, 2.75) is 10.7 Å². The monoisotopic (exact) mass is 281 g/mol. The van der Waals surface area contributed by atoms with E-state index in [0.29, 0.717) is 0 Å². The summed E-state index contributed by atoms with van der Waals surface area (Å²) in [6.07, 6.45) is 0. The number of carboxylic acid groups (broad SMARTS) is 1. The van der Waals surface area contributed by atoms with Crippen LogP contribution in [0.1, 0.15) is 0 Å². The van der Waals surface area contributed by atoms with Crippen LogP contribution in [0.5, 0.6) is 0 Å². The third-order valence-electron chi connectivity index (χ3n) is 1.80. The number of anilines is 1. The predicted molar refractivity (Wildman–Crippen MR) is 56.8 cm³/mol. The molecule has 2 N–H and O–H groups in total. The molecule has 6 nitrogen and oxygen atoms in total. The maximum Gasteiger partial charge on any atom is 0.341 e. The van der Waals surface area contributed by atoms with Crippen molar-refractivity contribution in [3.8, 4) is 0 Å². The van der Waals surface area contributed by atoms with Crippen molar-refractivity contribution >= 4 is 21.5 Å². The lowest BCUT2D eigenvalue weighted by Crippen LogP contribution is -2.12. The van der Waals surface area contributed by atoms with E-state index < -0.39 is 33.1 Å². The Morgan fingerprint density at radius 1 is 1.33 bits per heavy atom. The first kappa shape index (κ1) is 14.3. The maximum absolute atomic E-state index is 12.2. The van der Waals surface area contributed by atoms with Crippen LogP contribution >= 0.6 is 0 Å². The van der Waals surface area contributed by atoms with Gasteiger partial charge in [0.2, 0.25) is 9.84 Å². The number of hydrogen-bond acceptors (Lipinski definition) is 5. The number of sulfone groups is 1. The average Bonchev–Trinajstić information content (AvgIpc) is 2.29. The number of carbonyl (C=O) groups is 1. The molecule has 18 heavy (non-hydrogen) atoms. The van der Waals surface area contributed by atoms with E-state index >= 15 is 0 Å². The van der Waals surface area contributed by atoms with E-state index in [-0.39, 0.29) is 5.69 Å². The summed E-state index contributed by atoms with van der Waals surface area (Å²) in [6.45, 7) is -0.600. The first-order valence-electron chi connectivity index (χ1n) is 4.56. The van der Waals surface area contributed by atoms with Gasteiger partial charge in [-0.25, -0.2) is 13.2 Å². The van der Waals surface area contributed by atoms with E-state index in [4.69, 9.17) is 5.11 Å². The number of carboxylic acids is 1.